The number of aliphatic hydroxyl groups is 1. The first-order valence-electron chi connectivity index (χ1n) is 12.4. The number of aromatic nitrogens is 2. The molecule has 2 aromatic carbocycles. The van der Waals surface area contributed by atoms with Crippen LogP contribution in [-0.4, -0.2) is 70.0 Å². The molecule has 1 aromatic heterocycles. The second-order valence-corrected chi connectivity index (χ2v) is 9.51. The first-order valence-corrected chi connectivity index (χ1v) is 12.4. The molecule has 0 spiro atoms. The summed E-state index contributed by atoms with van der Waals surface area (Å²) in [4.78, 5) is 36.8. The summed E-state index contributed by atoms with van der Waals surface area (Å²) in [6, 6.07) is 10.9. The maximum atomic E-state index is 14.1. The number of rotatable bonds is 13. The van der Waals surface area contributed by atoms with Crippen molar-refractivity contribution in [1.82, 2.24) is 14.5 Å². The number of aromatic hydroxyl groups is 1. The van der Waals surface area contributed by atoms with Crippen molar-refractivity contribution in [1.29, 1.82) is 0 Å². The second kappa shape index (κ2) is 14.8. The smallest absolute Gasteiger partial charge is 0.336 e. The molecule has 0 atom stereocenters. The number of imidazole rings is 1. The summed E-state index contributed by atoms with van der Waals surface area (Å²) in [5.74, 6) is -4.84. The van der Waals surface area contributed by atoms with Gasteiger partial charge in [-0.15, -0.1) is 0 Å². The van der Waals surface area contributed by atoms with Crippen molar-refractivity contribution in [2.24, 2.45) is 0 Å². The standard InChI is InChI=1S/C22H26FN3O.C6H8O7/c1-17-12-19(13-18(2)22(17)27)14-26(10-5-9-25-11-8-24-16-25)15-20-6-3-4-7-21(20)23;7-3(8)1-6(13,5(11)12)2-4(9)10/h3-4,6-8,11-13,16,27H,5,9-10,14-15H2,1-2H3;13H,1-2H2,(H,7,8)(H,9,10)(H,11,12). The third-order valence-corrected chi connectivity index (χ3v) is 6.04. The van der Waals surface area contributed by atoms with E-state index in [0.29, 0.717) is 24.4 Å². The van der Waals surface area contributed by atoms with Crippen molar-refractivity contribution in [2.75, 3.05) is 6.54 Å². The van der Waals surface area contributed by atoms with Crippen LogP contribution in [0.4, 0.5) is 4.39 Å². The van der Waals surface area contributed by atoms with E-state index in [4.69, 9.17) is 20.4 Å². The molecular formula is C28H34FN3O8. The van der Waals surface area contributed by atoms with Gasteiger partial charge in [-0.1, -0.05) is 30.3 Å². The molecule has 40 heavy (non-hydrogen) atoms. The minimum Gasteiger partial charge on any atom is -0.507 e. The molecule has 11 nitrogen and oxygen atoms in total. The molecule has 1 heterocycles. The normalized spacial score (nSPS) is 11.1. The van der Waals surface area contributed by atoms with Gasteiger partial charge in [-0.2, -0.15) is 0 Å². The van der Waals surface area contributed by atoms with Gasteiger partial charge in [0.2, 0.25) is 0 Å². The third kappa shape index (κ3) is 10.1. The lowest BCUT2D eigenvalue weighted by Gasteiger charge is -2.23. The minimum atomic E-state index is -2.74. The summed E-state index contributed by atoms with van der Waals surface area (Å²) in [6.07, 6.45) is 4.20. The molecule has 0 saturated heterocycles. The molecule has 0 aliphatic heterocycles. The van der Waals surface area contributed by atoms with Crippen molar-refractivity contribution in [3.8, 4) is 5.75 Å². The SMILES string of the molecule is Cc1cc(CN(CCCn2ccnc2)Cc2ccccc2F)cc(C)c1O.O=C(O)CC(O)(CC(=O)O)C(=O)O. The Hall–Kier alpha value is -4.29. The number of hydrogen-bond donors (Lipinski definition) is 5. The zero-order valence-corrected chi connectivity index (χ0v) is 22.3. The second-order valence-electron chi connectivity index (χ2n) is 9.51. The van der Waals surface area contributed by atoms with Crippen LogP contribution in [0.15, 0.2) is 55.1 Å². The Morgan fingerprint density at radius 2 is 1.60 bits per heavy atom. The first-order chi connectivity index (χ1) is 18.8. The minimum absolute atomic E-state index is 0.171. The number of carboxylic acid groups (broad SMARTS) is 3. The lowest BCUT2D eigenvalue weighted by molar-refractivity contribution is -0.170. The summed E-state index contributed by atoms with van der Waals surface area (Å²) in [7, 11) is 0. The quantitative estimate of drug-likeness (QED) is 0.209. The van der Waals surface area contributed by atoms with Crippen molar-refractivity contribution in [3.05, 3.63) is 83.2 Å². The number of phenols is 1. The number of carboxylic acids is 3. The van der Waals surface area contributed by atoms with E-state index in [-0.39, 0.29) is 5.82 Å². The fraction of sp³-hybridized carbons (Fsp3) is 0.357. The number of carbonyl (C=O) groups is 3. The highest BCUT2D eigenvalue weighted by Gasteiger charge is 2.40. The van der Waals surface area contributed by atoms with Crippen LogP contribution in [0.5, 0.6) is 5.75 Å². The Kier molecular flexibility index (Phi) is 11.8. The fourth-order valence-electron chi connectivity index (χ4n) is 4.09. The highest BCUT2D eigenvalue weighted by molar-refractivity contribution is 5.88. The molecule has 3 aromatic rings. The molecule has 0 unspecified atom stereocenters. The molecule has 0 aliphatic carbocycles. The summed E-state index contributed by atoms with van der Waals surface area (Å²) in [6.45, 7) is 6.79. The molecule has 0 radical (unpaired) electrons. The number of phenolic OH excluding ortho intramolecular Hbond substituents is 1. The predicted molar refractivity (Wildman–Crippen MR) is 142 cm³/mol. The Bertz CT molecular complexity index is 1260. The van der Waals surface area contributed by atoms with E-state index >= 15 is 0 Å². The van der Waals surface area contributed by atoms with Gasteiger partial charge >= 0.3 is 17.9 Å². The highest BCUT2D eigenvalue weighted by atomic mass is 19.1. The van der Waals surface area contributed by atoms with Gasteiger partial charge in [0.25, 0.3) is 0 Å². The third-order valence-electron chi connectivity index (χ3n) is 6.04. The van der Waals surface area contributed by atoms with Crippen LogP contribution in [0.2, 0.25) is 0 Å². The van der Waals surface area contributed by atoms with E-state index in [1.54, 1.807) is 12.3 Å². The van der Waals surface area contributed by atoms with Gasteiger partial charge in [-0.3, -0.25) is 14.5 Å². The van der Waals surface area contributed by atoms with Crippen LogP contribution in [0.1, 0.15) is 41.5 Å². The predicted octanol–water partition coefficient (Wildman–Crippen LogP) is 3.19. The van der Waals surface area contributed by atoms with Crippen LogP contribution in [0.3, 0.4) is 0 Å². The van der Waals surface area contributed by atoms with E-state index < -0.39 is 36.4 Å². The maximum Gasteiger partial charge on any atom is 0.336 e. The van der Waals surface area contributed by atoms with Crippen LogP contribution >= 0.6 is 0 Å². The fourth-order valence-corrected chi connectivity index (χ4v) is 4.09. The average molecular weight is 560 g/mol. The van der Waals surface area contributed by atoms with E-state index in [1.807, 2.05) is 50.6 Å². The Labute approximate surface area is 230 Å². The molecule has 0 fully saturated rings. The number of halogens is 1. The van der Waals surface area contributed by atoms with Gasteiger partial charge < -0.3 is 30.1 Å². The maximum absolute atomic E-state index is 14.1. The van der Waals surface area contributed by atoms with Crippen molar-refractivity contribution >= 4 is 17.9 Å². The Morgan fingerprint density at radius 3 is 2.10 bits per heavy atom. The number of nitrogens with zero attached hydrogens (tertiary/aromatic N) is 3. The lowest BCUT2D eigenvalue weighted by Crippen LogP contribution is -2.42. The zero-order valence-electron chi connectivity index (χ0n) is 22.3. The number of hydrogen-bond acceptors (Lipinski definition) is 7. The average Bonchev–Trinajstić information content (AvgIpc) is 3.37. The van der Waals surface area contributed by atoms with Crippen LogP contribution in [0, 0.1) is 19.7 Å². The first kappa shape index (κ1) is 31.9. The highest BCUT2D eigenvalue weighted by Crippen LogP contribution is 2.24. The van der Waals surface area contributed by atoms with E-state index in [1.165, 1.54) is 6.07 Å². The zero-order chi connectivity index (χ0) is 29.9. The number of aliphatic carboxylic acids is 3. The van der Waals surface area contributed by atoms with E-state index in [0.717, 1.165) is 36.2 Å². The Balaban J connectivity index is 0.000000366. The van der Waals surface area contributed by atoms with E-state index in [9.17, 15) is 23.9 Å². The molecule has 0 saturated carbocycles. The van der Waals surface area contributed by atoms with E-state index in [2.05, 4.69) is 14.5 Å². The summed E-state index contributed by atoms with van der Waals surface area (Å²) < 4.78 is 16.2. The van der Waals surface area contributed by atoms with Gasteiger partial charge in [-0.25, -0.2) is 14.2 Å². The summed E-state index contributed by atoms with van der Waals surface area (Å²) in [5.41, 5.74) is 0.829. The molecule has 0 amide bonds. The molecule has 0 bridgehead atoms. The van der Waals surface area contributed by atoms with Gasteiger partial charge in [0, 0.05) is 44.1 Å². The molecular weight excluding hydrogens is 525 g/mol. The van der Waals surface area contributed by atoms with Crippen LogP contribution in [-0.2, 0) is 34.0 Å². The van der Waals surface area contributed by atoms with Gasteiger partial charge in [-0.05, 0) is 43.0 Å². The lowest BCUT2D eigenvalue weighted by atomic mass is 9.96. The summed E-state index contributed by atoms with van der Waals surface area (Å²) >= 11 is 0. The van der Waals surface area contributed by atoms with Crippen LogP contribution < -0.4 is 0 Å². The molecule has 0 aliphatic rings. The monoisotopic (exact) mass is 559 g/mol. The molecule has 5 N–H and O–H groups in total. The van der Waals surface area contributed by atoms with Crippen LogP contribution in [0.25, 0.3) is 0 Å². The van der Waals surface area contributed by atoms with Crippen molar-refractivity contribution in [2.45, 2.75) is 58.3 Å². The molecule has 216 valence electrons. The van der Waals surface area contributed by atoms with Gasteiger partial charge in [0.1, 0.15) is 11.6 Å². The van der Waals surface area contributed by atoms with Gasteiger partial charge in [0.05, 0.1) is 19.2 Å². The Morgan fingerprint density at radius 1 is 1.00 bits per heavy atom. The molecule has 3 rings (SSSR count). The largest absolute Gasteiger partial charge is 0.507 e. The number of aryl methyl sites for hydroxylation is 3. The topological polar surface area (TPSA) is 173 Å². The summed E-state index contributed by atoms with van der Waals surface area (Å²) in [5, 5.41) is 43.8. The van der Waals surface area contributed by atoms with Gasteiger partial charge in [0.15, 0.2) is 5.60 Å². The van der Waals surface area contributed by atoms with Crippen molar-refractivity contribution < 1.29 is 44.3 Å². The number of benzene rings is 2. The van der Waals surface area contributed by atoms with Crippen molar-refractivity contribution in [3.63, 3.8) is 0 Å². The molecule has 12 heteroatoms.